The molecule has 166 valence electrons. The number of hydrogen-bond acceptors (Lipinski definition) is 4. The van der Waals surface area contributed by atoms with Gasteiger partial charge in [-0.05, 0) is 81.8 Å². The van der Waals surface area contributed by atoms with Crippen molar-refractivity contribution in [1.29, 1.82) is 0 Å². The fraction of sp³-hybridized carbons (Fsp3) is 0.538. The van der Waals surface area contributed by atoms with Crippen molar-refractivity contribution in [2.45, 2.75) is 45.6 Å². The normalized spacial score (nSPS) is 20.9. The number of aryl methyl sites for hydroxylation is 1. The SMILES string of the molecule is Cc1ccc(OCCN(C)C(=O)[C@@H]2CC23CCN([C@H](C)Cc2cccnc2)CC3)cc1. The number of nitrogens with zero attached hydrogens (tertiary/aromatic N) is 3. The van der Waals surface area contributed by atoms with Gasteiger partial charge in [0, 0.05) is 31.4 Å². The Kier molecular flexibility index (Phi) is 6.61. The third-order valence-corrected chi connectivity index (χ3v) is 7.25. The van der Waals surface area contributed by atoms with E-state index in [1.807, 2.05) is 54.7 Å². The number of piperidine rings is 1. The molecule has 1 saturated carbocycles. The Morgan fingerprint density at radius 1 is 1.26 bits per heavy atom. The number of rotatable bonds is 8. The fourth-order valence-electron chi connectivity index (χ4n) is 4.96. The van der Waals surface area contributed by atoms with E-state index < -0.39 is 0 Å². The third-order valence-electron chi connectivity index (χ3n) is 7.25. The molecule has 4 rings (SSSR count). The van der Waals surface area contributed by atoms with Crippen LogP contribution >= 0.6 is 0 Å². The summed E-state index contributed by atoms with van der Waals surface area (Å²) < 4.78 is 5.80. The van der Waals surface area contributed by atoms with E-state index in [2.05, 4.69) is 29.8 Å². The van der Waals surface area contributed by atoms with E-state index in [0.717, 1.165) is 44.5 Å². The number of aromatic nitrogens is 1. The lowest BCUT2D eigenvalue weighted by atomic mass is 9.89. The van der Waals surface area contributed by atoms with Crippen molar-refractivity contribution in [1.82, 2.24) is 14.8 Å². The molecule has 1 saturated heterocycles. The van der Waals surface area contributed by atoms with Crippen LogP contribution < -0.4 is 4.74 Å². The largest absolute Gasteiger partial charge is 0.492 e. The van der Waals surface area contributed by atoms with Gasteiger partial charge in [-0.2, -0.15) is 0 Å². The molecule has 0 radical (unpaired) electrons. The molecule has 31 heavy (non-hydrogen) atoms. The summed E-state index contributed by atoms with van der Waals surface area (Å²) in [6.07, 6.45) is 8.15. The highest BCUT2D eigenvalue weighted by Gasteiger charge is 2.59. The van der Waals surface area contributed by atoms with Gasteiger partial charge >= 0.3 is 0 Å². The lowest BCUT2D eigenvalue weighted by Crippen LogP contribution is -2.43. The zero-order valence-electron chi connectivity index (χ0n) is 19.1. The summed E-state index contributed by atoms with van der Waals surface area (Å²) >= 11 is 0. The summed E-state index contributed by atoms with van der Waals surface area (Å²) in [6.45, 7) is 7.71. The van der Waals surface area contributed by atoms with Gasteiger partial charge in [-0.1, -0.05) is 23.8 Å². The van der Waals surface area contributed by atoms with Crippen molar-refractivity contribution in [2.24, 2.45) is 11.3 Å². The number of benzene rings is 1. The minimum atomic E-state index is 0.202. The van der Waals surface area contributed by atoms with Crippen LogP contribution in [-0.2, 0) is 11.2 Å². The summed E-state index contributed by atoms with van der Waals surface area (Å²) in [5, 5.41) is 0. The van der Waals surface area contributed by atoms with Crippen molar-refractivity contribution >= 4 is 5.91 Å². The molecule has 5 heteroatoms. The standard InChI is InChI=1S/C26H35N3O2/c1-20-6-8-23(9-7-20)31-16-15-28(3)25(30)24-18-26(24)10-13-29(14-11-26)21(2)17-22-5-4-12-27-19-22/h4-9,12,19,21,24H,10-11,13-18H2,1-3H3/t21-,24+/m1/s1. The average Bonchev–Trinajstić information content (AvgIpc) is 3.48. The molecule has 1 aliphatic carbocycles. The number of likely N-dealkylation sites (tertiary alicyclic amines) is 1. The number of hydrogen-bond donors (Lipinski definition) is 0. The van der Waals surface area contributed by atoms with Crippen LogP contribution in [0.2, 0.25) is 0 Å². The monoisotopic (exact) mass is 421 g/mol. The van der Waals surface area contributed by atoms with Crippen molar-refractivity contribution < 1.29 is 9.53 Å². The summed E-state index contributed by atoms with van der Waals surface area (Å²) in [5.74, 6) is 1.36. The van der Waals surface area contributed by atoms with E-state index >= 15 is 0 Å². The van der Waals surface area contributed by atoms with Gasteiger partial charge in [0.1, 0.15) is 12.4 Å². The Hall–Kier alpha value is -2.40. The van der Waals surface area contributed by atoms with Gasteiger partial charge in [0.15, 0.2) is 0 Å². The molecule has 1 aromatic carbocycles. The van der Waals surface area contributed by atoms with E-state index in [0.29, 0.717) is 25.1 Å². The molecule has 0 bridgehead atoms. The summed E-state index contributed by atoms with van der Waals surface area (Å²) in [6, 6.07) is 12.7. The first-order valence-corrected chi connectivity index (χ1v) is 11.5. The predicted octanol–water partition coefficient (Wildman–Crippen LogP) is 3.96. The molecule has 1 aliphatic heterocycles. The second-order valence-corrected chi connectivity index (χ2v) is 9.49. The van der Waals surface area contributed by atoms with Gasteiger partial charge < -0.3 is 14.5 Å². The van der Waals surface area contributed by atoms with Gasteiger partial charge in [-0.3, -0.25) is 9.78 Å². The first-order chi connectivity index (χ1) is 15.0. The Morgan fingerprint density at radius 3 is 2.68 bits per heavy atom. The zero-order chi connectivity index (χ0) is 21.8. The molecule has 1 spiro atoms. The van der Waals surface area contributed by atoms with Crippen molar-refractivity contribution in [3.8, 4) is 5.75 Å². The van der Waals surface area contributed by atoms with Crippen molar-refractivity contribution in [2.75, 3.05) is 33.3 Å². The molecule has 2 heterocycles. The van der Waals surface area contributed by atoms with Crippen LogP contribution in [0.25, 0.3) is 0 Å². The minimum Gasteiger partial charge on any atom is -0.492 e. The van der Waals surface area contributed by atoms with E-state index in [1.165, 1.54) is 11.1 Å². The highest BCUT2D eigenvalue weighted by atomic mass is 16.5. The minimum absolute atomic E-state index is 0.202. The van der Waals surface area contributed by atoms with Gasteiger partial charge in [0.05, 0.1) is 6.54 Å². The van der Waals surface area contributed by atoms with Crippen LogP contribution in [-0.4, -0.2) is 60.0 Å². The van der Waals surface area contributed by atoms with E-state index in [-0.39, 0.29) is 11.3 Å². The smallest absolute Gasteiger partial charge is 0.226 e. The predicted molar refractivity (Wildman–Crippen MR) is 123 cm³/mol. The molecule has 0 N–H and O–H groups in total. The molecule has 2 fully saturated rings. The summed E-state index contributed by atoms with van der Waals surface area (Å²) in [7, 11) is 1.91. The first kappa shape index (κ1) is 21.8. The average molecular weight is 422 g/mol. The van der Waals surface area contributed by atoms with E-state index in [9.17, 15) is 4.79 Å². The number of ether oxygens (including phenoxy) is 1. The summed E-state index contributed by atoms with van der Waals surface area (Å²) in [5.41, 5.74) is 2.76. The lowest BCUT2D eigenvalue weighted by Gasteiger charge is -2.37. The van der Waals surface area contributed by atoms with Gasteiger partial charge in [0.2, 0.25) is 5.91 Å². The molecule has 0 unspecified atom stereocenters. The van der Waals surface area contributed by atoms with Crippen LogP contribution in [0.4, 0.5) is 0 Å². The highest BCUT2D eigenvalue weighted by molar-refractivity contribution is 5.82. The van der Waals surface area contributed by atoms with Crippen molar-refractivity contribution in [3.05, 3.63) is 59.9 Å². The molecule has 2 aliphatic rings. The zero-order valence-corrected chi connectivity index (χ0v) is 19.1. The Morgan fingerprint density at radius 2 is 2.00 bits per heavy atom. The van der Waals surface area contributed by atoms with Crippen LogP contribution in [0, 0.1) is 18.3 Å². The molecule has 5 nitrogen and oxygen atoms in total. The first-order valence-electron chi connectivity index (χ1n) is 11.5. The van der Waals surface area contributed by atoms with E-state index in [1.54, 1.807) is 0 Å². The molecule has 1 aromatic heterocycles. The van der Waals surface area contributed by atoms with Gasteiger partial charge in [-0.25, -0.2) is 0 Å². The second-order valence-electron chi connectivity index (χ2n) is 9.49. The number of pyridine rings is 1. The van der Waals surface area contributed by atoms with Crippen LogP contribution in [0.5, 0.6) is 5.75 Å². The Bertz CT molecular complexity index is 860. The Labute approximate surface area is 186 Å². The van der Waals surface area contributed by atoms with Crippen molar-refractivity contribution in [3.63, 3.8) is 0 Å². The fourth-order valence-corrected chi connectivity index (χ4v) is 4.96. The van der Waals surface area contributed by atoms with E-state index in [4.69, 9.17) is 4.74 Å². The molecular formula is C26H35N3O2. The van der Waals surface area contributed by atoms with Gasteiger partial charge in [0.25, 0.3) is 0 Å². The maximum atomic E-state index is 13.0. The second kappa shape index (κ2) is 9.39. The molecule has 2 aromatic rings. The topological polar surface area (TPSA) is 45.7 Å². The Balaban J connectivity index is 1.20. The molecule has 2 atom stereocenters. The number of carbonyl (C=O) groups is 1. The number of carbonyl (C=O) groups excluding carboxylic acids is 1. The maximum absolute atomic E-state index is 13.0. The maximum Gasteiger partial charge on any atom is 0.226 e. The van der Waals surface area contributed by atoms with Gasteiger partial charge in [-0.15, -0.1) is 0 Å². The van der Waals surface area contributed by atoms with Crippen LogP contribution in [0.1, 0.15) is 37.3 Å². The summed E-state index contributed by atoms with van der Waals surface area (Å²) in [4.78, 5) is 21.7. The quantitative estimate of drug-likeness (QED) is 0.647. The lowest BCUT2D eigenvalue weighted by molar-refractivity contribution is -0.132. The molecule has 1 amide bonds. The third kappa shape index (κ3) is 5.27. The highest BCUT2D eigenvalue weighted by Crippen LogP contribution is 2.60. The number of likely N-dealkylation sites (N-methyl/N-ethyl adjacent to an activating group) is 1. The van der Waals surface area contributed by atoms with Crippen LogP contribution in [0.3, 0.4) is 0 Å². The number of amides is 1. The molecular weight excluding hydrogens is 386 g/mol. The van der Waals surface area contributed by atoms with Crippen LogP contribution in [0.15, 0.2) is 48.8 Å².